The molecule has 0 unspecified atom stereocenters. The fourth-order valence-electron chi connectivity index (χ4n) is 1.23. The zero-order valence-corrected chi connectivity index (χ0v) is 8.54. The van der Waals surface area contributed by atoms with E-state index < -0.39 is 0 Å². The van der Waals surface area contributed by atoms with E-state index in [0.717, 1.165) is 23.6 Å². The summed E-state index contributed by atoms with van der Waals surface area (Å²) in [4.78, 5) is 8.68. The van der Waals surface area contributed by atoms with Crippen LogP contribution in [0.2, 0.25) is 0 Å². The van der Waals surface area contributed by atoms with Crippen molar-refractivity contribution in [3.05, 3.63) is 23.3 Å². The fourth-order valence-corrected chi connectivity index (χ4v) is 1.23. The molecular weight excluding hydrogens is 162 g/mol. The van der Waals surface area contributed by atoms with E-state index in [1.807, 2.05) is 13.0 Å². The third-order valence-corrected chi connectivity index (χ3v) is 1.90. The lowest BCUT2D eigenvalue weighted by Gasteiger charge is -2.07. The van der Waals surface area contributed by atoms with Crippen LogP contribution in [-0.2, 0) is 6.42 Å². The average Bonchev–Trinajstić information content (AvgIpc) is 2.03. The van der Waals surface area contributed by atoms with Crippen LogP contribution in [0.25, 0.3) is 0 Å². The van der Waals surface area contributed by atoms with Crippen molar-refractivity contribution in [1.82, 2.24) is 9.97 Å². The van der Waals surface area contributed by atoms with Crippen molar-refractivity contribution in [3.8, 4) is 0 Å². The number of nitrogens with zero attached hydrogens (tertiary/aromatic N) is 2. The molecule has 0 radical (unpaired) electrons. The van der Waals surface area contributed by atoms with E-state index in [-0.39, 0.29) is 0 Å². The Hall–Kier alpha value is -0.960. The number of rotatable bonds is 3. The minimum Gasteiger partial charge on any atom is -0.330 e. The van der Waals surface area contributed by atoms with E-state index in [2.05, 4.69) is 23.8 Å². The predicted octanol–water partition coefficient (Wildman–Crippen LogP) is 1.41. The Morgan fingerprint density at radius 2 is 2.08 bits per heavy atom. The van der Waals surface area contributed by atoms with Gasteiger partial charge in [0.25, 0.3) is 0 Å². The Labute approximate surface area is 79.4 Å². The van der Waals surface area contributed by atoms with Crippen LogP contribution < -0.4 is 5.73 Å². The largest absolute Gasteiger partial charge is 0.330 e. The summed E-state index contributed by atoms with van der Waals surface area (Å²) in [5.74, 6) is 1.30. The molecule has 2 N–H and O–H groups in total. The van der Waals surface area contributed by atoms with Crippen molar-refractivity contribution < 1.29 is 0 Å². The van der Waals surface area contributed by atoms with Crippen molar-refractivity contribution in [1.29, 1.82) is 0 Å². The zero-order chi connectivity index (χ0) is 9.84. The first-order valence-corrected chi connectivity index (χ1v) is 4.68. The number of aromatic nitrogens is 2. The summed E-state index contributed by atoms with van der Waals surface area (Å²) in [6.45, 7) is 6.84. The van der Waals surface area contributed by atoms with Gasteiger partial charge in [0, 0.05) is 17.8 Å². The van der Waals surface area contributed by atoms with Gasteiger partial charge in [-0.1, -0.05) is 13.8 Å². The Balaban J connectivity index is 2.96. The maximum atomic E-state index is 5.48. The van der Waals surface area contributed by atoms with Gasteiger partial charge in [0.1, 0.15) is 5.82 Å². The molecule has 0 aliphatic carbocycles. The highest BCUT2D eigenvalue weighted by atomic mass is 14.9. The quantitative estimate of drug-likeness (QED) is 0.763. The zero-order valence-electron chi connectivity index (χ0n) is 8.54. The Kier molecular flexibility index (Phi) is 3.37. The summed E-state index contributed by atoms with van der Waals surface area (Å²) in [7, 11) is 0. The van der Waals surface area contributed by atoms with E-state index in [1.165, 1.54) is 0 Å². The molecule has 0 aliphatic heterocycles. The minimum atomic E-state index is 0.457. The molecule has 0 spiro atoms. The summed E-state index contributed by atoms with van der Waals surface area (Å²) in [5.41, 5.74) is 7.64. The van der Waals surface area contributed by atoms with Gasteiger partial charge in [-0.3, -0.25) is 0 Å². The number of hydrogen-bond donors (Lipinski definition) is 1. The molecule has 0 amide bonds. The molecule has 13 heavy (non-hydrogen) atoms. The molecule has 72 valence electrons. The van der Waals surface area contributed by atoms with Crippen LogP contribution in [-0.4, -0.2) is 16.5 Å². The lowest BCUT2D eigenvalue weighted by atomic mass is 10.1. The third-order valence-electron chi connectivity index (χ3n) is 1.90. The molecule has 3 nitrogen and oxygen atoms in total. The highest BCUT2D eigenvalue weighted by Gasteiger charge is 2.04. The first kappa shape index (κ1) is 10.1. The molecule has 0 atom stereocenters. The maximum Gasteiger partial charge on any atom is 0.125 e. The molecule has 0 saturated heterocycles. The van der Waals surface area contributed by atoms with E-state index in [4.69, 9.17) is 5.73 Å². The summed E-state index contributed by atoms with van der Waals surface area (Å²) < 4.78 is 0. The van der Waals surface area contributed by atoms with Gasteiger partial charge < -0.3 is 5.73 Å². The van der Waals surface area contributed by atoms with Gasteiger partial charge in [-0.05, 0) is 25.5 Å². The van der Waals surface area contributed by atoms with Crippen LogP contribution in [0.15, 0.2) is 6.07 Å². The summed E-state index contributed by atoms with van der Waals surface area (Å²) in [6, 6.07) is 2.05. The molecule has 0 saturated carbocycles. The predicted molar refractivity (Wildman–Crippen MR) is 53.6 cm³/mol. The SMILES string of the molecule is Cc1nc(CCN)cc(C(C)C)n1. The highest BCUT2D eigenvalue weighted by Crippen LogP contribution is 2.12. The Bertz CT molecular complexity index is 281. The van der Waals surface area contributed by atoms with Crippen molar-refractivity contribution in [2.45, 2.75) is 33.1 Å². The molecule has 3 heteroatoms. The molecule has 1 aromatic rings. The lowest BCUT2D eigenvalue weighted by Crippen LogP contribution is -2.07. The maximum absolute atomic E-state index is 5.48. The molecule has 0 aliphatic rings. The number of aryl methyl sites for hydroxylation is 1. The van der Waals surface area contributed by atoms with Gasteiger partial charge >= 0.3 is 0 Å². The summed E-state index contributed by atoms with van der Waals surface area (Å²) in [5, 5.41) is 0. The van der Waals surface area contributed by atoms with E-state index >= 15 is 0 Å². The van der Waals surface area contributed by atoms with Gasteiger partial charge in [-0.2, -0.15) is 0 Å². The van der Waals surface area contributed by atoms with Crippen LogP contribution in [0.3, 0.4) is 0 Å². The van der Waals surface area contributed by atoms with Crippen molar-refractivity contribution in [3.63, 3.8) is 0 Å². The molecular formula is C10H17N3. The molecule has 1 heterocycles. The van der Waals surface area contributed by atoms with Gasteiger partial charge in [0.2, 0.25) is 0 Å². The molecule has 0 fully saturated rings. The van der Waals surface area contributed by atoms with Gasteiger partial charge in [-0.25, -0.2) is 9.97 Å². The van der Waals surface area contributed by atoms with Crippen LogP contribution in [0.4, 0.5) is 0 Å². The number of hydrogen-bond acceptors (Lipinski definition) is 3. The van der Waals surface area contributed by atoms with Crippen LogP contribution in [0, 0.1) is 6.92 Å². The van der Waals surface area contributed by atoms with Crippen molar-refractivity contribution >= 4 is 0 Å². The summed E-state index contributed by atoms with van der Waals surface area (Å²) >= 11 is 0. The second kappa shape index (κ2) is 4.33. The van der Waals surface area contributed by atoms with Gasteiger partial charge in [-0.15, -0.1) is 0 Å². The van der Waals surface area contributed by atoms with Crippen molar-refractivity contribution in [2.75, 3.05) is 6.54 Å². The molecule has 1 aromatic heterocycles. The van der Waals surface area contributed by atoms with Crippen molar-refractivity contribution in [2.24, 2.45) is 5.73 Å². The van der Waals surface area contributed by atoms with E-state index in [1.54, 1.807) is 0 Å². The molecule has 1 rings (SSSR count). The normalized spacial score (nSPS) is 10.8. The minimum absolute atomic E-state index is 0.457. The van der Waals surface area contributed by atoms with Crippen LogP contribution in [0.1, 0.15) is 37.0 Å². The van der Waals surface area contributed by atoms with Gasteiger partial charge in [0.15, 0.2) is 0 Å². The standard InChI is InChI=1S/C10H17N3/c1-7(2)10-6-9(4-5-11)12-8(3)13-10/h6-7H,4-5,11H2,1-3H3. The second-order valence-electron chi connectivity index (χ2n) is 3.52. The first-order valence-electron chi connectivity index (χ1n) is 4.68. The van der Waals surface area contributed by atoms with Gasteiger partial charge in [0.05, 0.1) is 0 Å². The average molecular weight is 179 g/mol. The second-order valence-corrected chi connectivity index (χ2v) is 3.52. The first-order chi connectivity index (χ1) is 6.13. The topological polar surface area (TPSA) is 51.8 Å². The lowest BCUT2D eigenvalue weighted by molar-refractivity contribution is 0.781. The van der Waals surface area contributed by atoms with Crippen LogP contribution in [0.5, 0.6) is 0 Å². The fraction of sp³-hybridized carbons (Fsp3) is 0.600. The Morgan fingerprint density at radius 1 is 1.38 bits per heavy atom. The third kappa shape index (κ3) is 2.77. The summed E-state index contributed by atoms with van der Waals surface area (Å²) in [6.07, 6.45) is 0.836. The Morgan fingerprint density at radius 3 is 2.62 bits per heavy atom. The van der Waals surface area contributed by atoms with E-state index in [9.17, 15) is 0 Å². The number of nitrogens with two attached hydrogens (primary N) is 1. The van der Waals surface area contributed by atoms with E-state index in [0.29, 0.717) is 12.5 Å². The molecule has 0 bridgehead atoms. The monoisotopic (exact) mass is 179 g/mol. The smallest absolute Gasteiger partial charge is 0.125 e. The van der Waals surface area contributed by atoms with Crippen LogP contribution >= 0.6 is 0 Å². The highest BCUT2D eigenvalue weighted by molar-refractivity contribution is 5.14. The molecule has 0 aromatic carbocycles.